The van der Waals surface area contributed by atoms with Crippen LogP contribution in [-0.4, -0.2) is 28.2 Å². The predicted molar refractivity (Wildman–Crippen MR) is 97.3 cm³/mol. The molecule has 0 radical (unpaired) electrons. The number of aromatic nitrogens is 3. The van der Waals surface area contributed by atoms with E-state index >= 15 is 0 Å². The van der Waals surface area contributed by atoms with Gasteiger partial charge < -0.3 is 18.4 Å². The molecule has 8 nitrogen and oxygen atoms in total. The van der Waals surface area contributed by atoms with E-state index < -0.39 is 5.97 Å². The molecule has 0 aliphatic rings. The third-order valence-corrected chi connectivity index (χ3v) is 3.96. The van der Waals surface area contributed by atoms with E-state index in [0.717, 1.165) is 11.1 Å². The van der Waals surface area contributed by atoms with Gasteiger partial charge in [0.05, 0.1) is 18.9 Å². The van der Waals surface area contributed by atoms with Crippen molar-refractivity contribution in [3.8, 4) is 28.5 Å². The van der Waals surface area contributed by atoms with E-state index in [1.54, 1.807) is 43.6 Å². The molecule has 28 heavy (non-hydrogen) atoms. The van der Waals surface area contributed by atoms with Crippen molar-refractivity contribution in [2.75, 3.05) is 7.11 Å². The second-order valence-electron chi connectivity index (χ2n) is 5.76. The van der Waals surface area contributed by atoms with Crippen LogP contribution in [0.1, 0.15) is 16.2 Å². The molecule has 0 atom stereocenters. The predicted octanol–water partition coefficient (Wildman–Crippen LogP) is 3.76. The van der Waals surface area contributed by atoms with Gasteiger partial charge in [-0.15, -0.1) is 0 Å². The zero-order chi connectivity index (χ0) is 19.3. The molecule has 0 saturated heterocycles. The number of oxazole rings is 1. The van der Waals surface area contributed by atoms with Gasteiger partial charge >= 0.3 is 5.97 Å². The number of hydrogen-bond acceptors (Lipinski definition) is 8. The molecule has 0 aliphatic heterocycles. The Bertz CT molecular complexity index is 1070. The highest BCUT2D eigenvalue weighted by Crippen LogP contribution is 2.22. The average molecular weight is 377 g/mol. The maximum atomic E-state index is 12.2. The lowest BCUT2D eigenvalue weighted by Gasteiger charge is -2.03. The fourth-order valence-corrected chi connectivity index (χ4v) is 2.53. The maximum absolute atomic E-state index is 12.2. The Hall–Kier alpha value is -3.94. The minimum Gasteiger partial charge on any atom is -0.497 e. The standard InChI is InChI=1S/C20H15N3O5/c1-25-16-4-2-3-15(9-16)19-22-18(28-23-19)11-26-20(24)14-7-5-13(6-8-14)17-10-21-12-27-17/h2-10,12H,11H2,1H3. The molecular weight excluding hydrogens is 362 g/mol. The molecule has 140 valence electrons. The number of carbonyl (C=O) groups is 1. The molecule has 0 saturated carbocycles. The van der Waals surface area contributed by atoms with E-state index in [-0.39, 0.29) is 12.5 Å². The van der Waals surface area contributed by atoms with Gasteiger partial charge in [0.15, 0.2) is 18.8 Å². The summed E-state index contributed by atoms with van der Waals surface area (Å²) in [4.78, 5) is 20.3. The number of carbonyl (C=O) groups excluding carboxylic acids is 1. The van der Waals surface area contributed by atoms with Crippen molar-refractivity contribution < 1.29 is 23.2 Å². The molecule has 2 aromatic heterocycles. The lowest BCUT2D eigenvalue weighted by molar-refractivity contribution is 0.0430. The molecule has 0 fully saturated rings. The van der Waals surface area contributed by atoms with Gasteiger partial charge in [-0.25, -0.2) is 9.78 Å². The normalized spacial score (nSPS) is 10.6. The zero-order valence-corrected chi connectivity index (χ0v) is 14.9. The van der Waals surface area contributed by atoms with E-state index in [0.29, 0.717) is 22.9 Å². The summed E-state index contributed by atoms with van der Waals surface area (Å²) >= 11 is 0. The second-order valence-corrected chi connectivity index (χ2v) is 5.76. The Morgan fingerprint density at radius 1 is 1.11 bits per heavy atom. The topological polar surface area (TPSA) is 100 Å². The van der Waals surface area contributed by atoms with Crippen LogP contribution < -0.4 is 4.74 Å². The molecule has 0 N–H and O–H groups in total. The van der Waals surface area contributed by atoms with Crippen LogP contribution in [0.3, 0.4) is 0 Å². The van der Waals surface area contributed by atoms with E-state index in [2.05, 4.69) is 15.1 Å². The van der Waals surface area contributed by atoms with Gasteiger partial charge in [0.25, 0.3) is 5.89 Å². The second kappa shape index (κ2) is 7.75. The van der Waals surface area contributed by atoms with Gasteiger partial charge in [-0.1, -0.05) is 29.4 Å². The van der Waals surface area contributed by atoms with Crippen molar-refractivity contribution in [1.29, 1.82) is 0 Å². The lowest BCUT2D eigenvalue weighted by Crippen LogP contribution is -2.05. The van der Waals surface area contributed by atoms with Gasteiger partial charge in [0.2, 0.25) is 5.82 Å². The first-order chi connectivity index (χ1) is 13.7. The zero-order valence-electron chi connectivity index (χ0n) is 14.9. The molecule has 2 aromatic carbocycles. The smallest absolute Gasteiger partial charge is 0.338 e. The minimum atomic E-state index is -0.495. The Morgan fingerprint density at radius 2 is 1.96 bits per heavy atom. The summed E-state index contributed by atoms with van der Waals surface area (Å²) < 4.78 is 20.8. The minimum absolute atomic E-state index is 0.125. The molecule has 0 amide bonds. The molecule has 4 aromatic rings. The quantitative estimate of drug-likeness (QED) is 0.468. The molecule has 8 heteroatoms. The Morgan fingerprint density at radius 3 is 2.71 bits per heavy atom. The average Bonchev–Trinajstić information content (AvgIpc) is 3.44. The van der Waals surface area contributed by atoms with Gasteiger partial charge in [0, 0.05) is 11.1 Å². The molecule has 0 aliphatic carbocycles. The number of hydrogen-bond donors (Lipinski definition) is 0. The van der Waals surface area contributed by atoms with E-state index in [9.17, 15) is 4.79 Å². The van der Waals surface area contributed by atoms with Crippen LogP contribution in [0, 0.1) is 0 Å². The summed E-state index contributed by atoms with van der Waals surface area (Å²) in [5.41, 5.74) is 1.95. The lowest BCUT2D eigenvalue weighted by atomic mass is 10.1. The van der Waals surface area contributed by atoms with Gasteiger partial charge in [-0.05, 0) is 24.3 Å². The third kappa shape index (κ3) is 3.75. The largest absolute Gasteiger partial charge is 0.497 e. The Balaban J connectivity index is 1.39. The molecule has 4 rings (SSSR count). The van der Waals surface area contributed by atoms with Crippen LogP contribution in [0.15, 0.2) is 70.1 Å². The highest BCUT2D eigenvalue weighted by atomic mass is 16.6. The van der Waals surface area contributed by atoms with Gasteiger partial charge in [-0.2, -0.15) is 4.98 Å². The SMILES string of the molecule is COc1cccc(-c2noc(COC(=O)c3ccc(-c4cnco4)cc3)n2)c1. The maximum Gasteiger partial charge on any atom is 0.338 e. The summed E-state index contributed by atoms with van der Waals surface area (Å²) in [6, 6.07) is 14.1. The summed E-state index contributed by atoms with van der Waals surface area (Å²) in [5, 5.41) is 3.90. The molecule has 0 bridgehead atoms. The molecule has 0 unspecified atom stereocenters. The van der Waals surface area contributed by atoms with Crippen molar-refractivity contribution in [2.45, 2.75) is 6.61 Å². The summed E-state index contributed by atoms with van der Waals surface area (Å²) in [5.74, 6) is 1.40. The Labute approximate surface area is 159 Å². The molecular formula is C20H15N3O5. The monoisotopic (exact) mass is 377 g/mol. The number of benzene rings is 2. The van der Waals surface area contributed by atoms with Crippen LogP contribution in [0.2, 0.25) is 0 Å². The molecule has 2 heterocycles. The Kier molecular flexibility index (Phi) is 4.83. The van der Waals surface area contributed by atoms with Crippen LogP contribution in [0.5, 0.6) is 5.75 Å². The summed E-state index contributed by atoms with van der Waals surface area (Å²) in [6.45, 7) is -0.125. The van der Waals surface area contributed by atoms with Crippen LogP contribution >= 0.6 is 0 Å². The number of rotatable bonds is 6. The van der Waals surface area contributed by atoms with Crippen LogP contribution in [-0.2, 0) is 11.3 Å². The van der Waals surface area contributed by atoms with Gasteiger partial charge in [-0.3, -0.25) is 0 Å². The van der Waals surface area contributed by atoms with Crippen molar-refractivity contribution in [1.82, 2.24) is 15.1 Å². The summed E-state index contributed by atoms with van der Waals surface area (Å²) in [6.07, 6.45) is 2.95. The van der Waals surface area contributed by atoms with Gasteiger partial charge in [0.1, 0.15) is 5.75 Å². The summed E-state index contributed by atoms with van der Waals surface area (Å²) in [7, 11) is 1.58. The number of nitrogens with zero attached hydrogens (tertiary/aromatic N) is 3. The van der Waals surface area contributed by atoms with Crippen LogP contribution in [0.4, 0.5) is 0 Å². The van der Waals surface area contributed by atoms with E-state index in [4.69, 9.17) is 18.4 Å². The van der Waals surface area contributed by atoms with Crippen molar-refractivity contribution >= 4 is 5.97 Å². The number of ether oxygens (including phenoxy) is 2. The molecule has 0 spiro atoms. The van der Waals surface area contributed by atoms with Crippen molar-refractivity contribution in [2.24, 2.45) is 0 Å². The van der Waals surface area contributed by atoms with Crippen molar-refractivity contribution in [3.05, 3.63) is 72.6 Å². The fourth-order valence-electron chi connectivity index (χ4n) is 2.53. The van der Waals surface area contributed by atoms with Crippen LogP contribution in [0.25, 0.3) is 22.7 Å². The van der Waals surface area contributed by atoms with Crippen molar-refractivity contribution in [3.63, 3.8) is 0 Å². The van der Waals surface area contributed by atoms with E-state index in [1.807, 2.05) is 18.2 Å². The highest BCUT2D eigenvalue weighted by Gasteiger charge is 2.13. The highest BCUT2D eigenvalue weighted by molar-refractivity contribution is 5.89. The third-order valence-electron chi connectivity index (χ3n) is 3.96. The first-order valence-corrected chi connectivity index (χ1v) is 8.36. The number of esters is 1. The first-order valence-electron chi connectivity index (χ1n) is 8.36. The van der Waals surface area contributed by atoms with E-state index in [1.165, 1.54) is 6.39 Å². The number of methoxy groups -OCH3 is 1. The fraction of sp³-hybridized carbons (Fsp3) is 0.100. The first kappa shape index (κ1) is 17.5.